The molecule has 0 radical (unpaired) electrons. The number of aromatic nitrogens is 4. The van der Waals surface area contributed by atoms with Gasteiger partial charge in [-0.3, -0.25) is 19.1 Å². The molecule has 3 heterocycles. The molecule has 0 bridgehead atoms. The third-order valence-electron chi connectivity index (χ3n) is 7.73. The van der Waals surface area contributed by atoms with Crippen LogP contribution in [0.1, 0.15) is 63.3 Å². The largest absolute Gasteiger partial charge is 0.354 e. The summed E-state index contributed by atoms with van der Waals surface area (Å²) in [5.41, 5.74) is 2.72. The number of nitrogens with one attached hydrogen (secondary N) is 1. The number of rotatable bonds is 8. The van der Waals surface area contributed by atoms with Gasteiger partial charge in [-0.1, -0.05) is 26.8 Å². The van der Waals surface area contributed by atoms with Crippen molar-refractivity contribution in [3.05, 3.63) is 42.1 Å². The van der Waals surface area contributed by atoms with Crippen molar-refractivity contribution in [2.75, 3.05) is 6.54 Å². The predicted octanol–water partition coefficient (Wildman–Crippen LogP) is 3.55. The molecule has 1 saturated heterocycles. The number of ketones is 1. The average Bonchev–Trinajstić information content (AvgIpc) is 3.22. The summed E-state index contributed by atoms with van der Waals surface area (Å²) in [5, 5.41) is 8.24. The van der Waals surface area contributed by atoms with Crippen LogP contribution < -0.4 is 5.32 Å². The third-order valence-corrected chi connectivity index (χ3v) is 7.73. The number of amides is 2. The van der Waals surface area contributed by atoms with E-state index in [1.165, 1.54) is 6.92 Å². The smallest absolute Gasteiger partial charge is 0.245 e. The summed E-state index contributed by atoms with van der Waals surface area (Å²) in [6.07, 6.45) is 5.98. The summed E-state index contributed by atoms with van der Waals surface area (Å²) in [5.74, 6) is 0.774. The first-order valence-electron chi connectivity index (χ1n) is 13.0. The normalized spacial score (nSPS) is 22.4. The van der Waals surface area contributed by atoms with E-state index >= 15 is 0 Å². The van der Waals surface area contributed by atoms with Crippen molar-refractivity contribution in [2.45, 2.75) is 72.5 Å². The second-order valence-corrected chi connectivity index (χ2v) is 11.2. The molecule has 9 heteroatoms. The third kappa shape index (κ3) is 4.74. The number of likely N-dealkylation sites (tertiary alicyclic amines) is 1. The number of aryl methyl sites for hydroxylation is 1. The first kappa shape index (κ1) is 25.0. The summed E-state index contributed by atoms with van der Waals surface area (Å²) in [6.45, 7) is 10.3. The van der Waals surface area contributed by atoms with Gasteiger partial charge in [-0.05, 0) is 55.2 Å². The summed E-state index contributed by atoms with van der Waals surface area (Å²) in [4.78, 5) is 49.4. The van der Waals surface area contributed by atoms with Crippen LogP contribution in [-0.2, 0) is 16.1 Å². The Kier molecular flexibility index (Phi) is 6.33. The Bertz CT molecular complexity index is 1380. The van der Waals surface area contributed by atoms with Gasteiger partial charge in [0.25, 0.3) is 0 Å². The van der Waals surface area contributed by atoms with Crippen molar-refractivity contribution in [3.8, 4) is 11.1 Å². The fourth-order valence-electron chi connectivity index (χ4n) is 5.45. The molecule has 2 fully saturated rings. The van der Waals surface area contributed by atoms with Crippen LogP contribution >= 0.6 is 0 Å². The lowest BCUT2D eigenvalue weighted by Crippen LogP contribution is -2.49. The molecule has 1 aromatic carbocycles. The van der Waals surface area contributed by atoms with Crippen LogP contribution in [0.3, 0.4) is 0 Å². The zero-order chi connectivity index (χ0) is 26.5. The summed E-state index contributed by atoms with van der Waals surface area (Å²) >= 11 is 0. The number of fused-ring (bicyclic) bond motifs is 2. The quantitative estimate of drug-likeness (QED) is 0.472. The Balaban J connectivity index is 1.41. The van der Waals surface area contributed by atoms with Crippen LogP contribution in [0.15, 0.2) is 30.6 Å². The minimum absolute atomic E-state index is 0.00253. The molecule has 1 saturated carbocycles. The van der Waals surface area contributed by atoms with Crippen LogP contribution in [0.4, 0.5) is 0 Å². The molecule has 1 N–H and O–H groups in total. The van der Waals surface area contributed by atoms with Gasteiger partial charge in [-0.25, -0.2) is 9.97 Å². The molecule has 9 nitrogen and oxygen atoms in total. The van der Waals surface area contributed by atoms with Gasteiger partial charge in [0.05, 0.1) is 5.52 Å². The molecule has 1 aliphatic heterocycles. The fourth-order valence-corrected chi connectivity index (χ4v) is 5.45. The number of Topliss-reactive ketones (excluding diaryl/α,β-unsaturated/α-hetero) is 1. The highest BCUT2D eigenvalue weighted by atomic mass is 16.2. The maximum atomic E-state index is 13.6. The lowest BCUT2D eigenvalue weighted by atomic mass is 10.0. The van der Waals surface area contributed by atoms with E-state index in [1.807, 2.05) is 25.1 Å². The summed E-state index contributed by atoms with van der Waals surface area (Å²) < 4.78 is 1.59. The Morgan fingerprint density at radius 3 is 2.54 bits per heavy atom. The highest BCUT2D eigenvalue weighted by Gasteiger charge is 2.64. The monoisotopic (exact) mass is 502 g/mol. The molecule has 194 valence electrons. The minimum atomic E-state index is -0.467. The van der Waals surface area contributed by atoms with Crippen LogP contribution in [0.5, 0.6) is 0 Å². The van der Waals surface area contributed by atoms with Gasteiger partial charge in [0.2, 0.25) is 11.8 Å². The number of benzene rings is 1. The number of nitrogens with zero attached hydrogens (tertiary/aromatic N) is 5. The Morgan fingerprint density at radius 2 is 1.86 bits per heavy atom. The Labute approximate surface area is 216 Å². The summed E-state index contributed by atoms with van der Waals surface area (Å²) in [7, 11) is 0. The van der Waals surface area contributed by atoms with Gasteiger partial charge >= 0.3 is 0 Å². The molecule has 37 heavy (non-hydrogen) atoms. The van der Waals surface area contributed by atoms with Crippen LogP contribution in [-0.4, -0.2) is 60.9 Å². The topological polar surface area (TPSA) is 110 Å². The maximum absolute atomic E-state index is 13.6. The van der Waals surface area contributed by atoms with Crippen molar-refractivity contribution in [2.24, 2.45) is 11.3 Å². The van der Waals surface area contributed by atoms with Gasteiger partial charge in [0, 0.05) is 42.9 Å². The average molecular weight is 503 g/mol. The van der Waals surface area contributed by atoms with Crippen molar-refractivity contribution in [1.82, 2.24) is 30.0 Å². The van der Waals surface area contributed by atoms with Crippen molar-refractivity contribution >= 4 is 28.5 Å². The van der Waals surface area contributed by atoms with E-state index in [9.17, 15) is 14.4 Å². The lowest BCUT2D eigenvalue weighted by Gasteiger charge is -2.27. The van der Waals surface area contributed by atoms with Gasteiger partial charge in [-0.2, -0.15) is 5.10 Å². The number of carbonyl (C=O) groups excluding carboxylic acids is 3. The van der Waals surface area contributed by atoms with E-state index in [2.05, 4.69) is 41.2 Å². The van der Waals surface area contributed by atoms with Crippen LogP contribution in [0, 0.1) is 18.3 Å². The molecular weight excluding hydrogens is 468 g/mol. The van der Waals surface area contributed by atoms with Gasteiger partial charge < -0.3 is 10.2 Å². The van der Waals surface area contributed by atoms with Crippen LogP contribution in [0.2, 0.25) is 0 Å². The van der Waals surface area contributed by atoms with Crippen molar-refractivity contribution < 1.29 is 14.4 Å². The molecule has 3 atom stereocenters. The molecule has 0 unspecified atom stereocenters. The fraction of sp³-hybridized carbons (Fsp3) is 0.500. The number of carbonyl (C=O) groups is 3. The van der Waals surface area contributed by atoms with E-state index in [1.54, 1.807) is 22.0 Å². The Morgan fingerprint density at radius 1 is 1.14 bits per heavy atom. The molecule has 1 aliphatic carbocycles. The molecule has 2 amide bonds. The molecular formula is C28H34N6O3. The van der Waals surface area contributed by atoms with E-state index in [0.29, 0.717) is 41.3 Å². The second kappa shape index (κ2) is 9.36. The van der Waals surface area contributed by atoms with Crippen molar-refractivity contribution in [3.63, 3.8) is 0 Å². The van der Waals surface area contributed by atoms with Gasteiger partial charge in [-0.15, -0.1) is 0 Å². The SMILES string of the molecule is CC(=O)c1nn(CC(=O)N2[C@H](C(=O)NCCC(C)C)C[C@@]3(C)C[C@@H]23)c2ccc(-c3cnc(C)nc3)cc12. The first-order valence-corrected chi connectivity index (χ1v) is 13.0. The van der Waals surface area contributed by atoms with E-state index in [-0.39, 0.29) is 35.6 Å². The maximum Gasteiger partial charge on any atom is 0.245 e. The van der Waals surface area contributed by atoms with Gasteiger partial charge in [0.1, 0.15) is 24.1 Å². The number of hydrogen-bond donors (Lipinski definition) is 1. The highest BCUT2D eigenvalue weighted by molar-refractivity contribution is 6.06. The van der Waals surface area contributed by atoms with E-state index in [4.69, 9.17) is 0 Å². The minimum Gasteiger partial charge on any atom is -0.354 e. The zero-order valence-corrected chi connectivity index (χ0v) is 22.1. The van der Waals surface area contributed by atoms with Crippen molar-refractivity contribution in [1.29, 1.82) is 0 Å². The standard InChI is InChI=1S/C28H34N6O3/c1-16(2)8-9-29-27(37)23-11-28(5)12-24(28)34(23)25(36)15-33-22-7-6-19(20-13-30-18(4)31-14-20)10-21(22)26(32-33)17(3)35/h6-7,10,13-14,16,23-24H,8-9,11-12,15H2,1-5H3,(H,29,37)/t23-,24+,28-/m0/s1. The van der Waals surface area contributed by atoms with E-state index < -0.39 is 6.04 Å². The molecule has 2 aromatic heterocycles. The Hall–Kier alpha value is -3.62. The van der Waals surface area contributed by atoms with Gasteiger partial charge in [0.15, 0.2) is 5.78 Å². The molecule has 5 rings (SSSR count). The molecule has 3 aromatic rings. The first-order chi connectivity index (χ1) is 17.6. The second-order valence-electron chi connectivity index (χ2n) is 11.2. The number of hydrogen-bond acceptors (Lipinski definition) is 6. The zero-order valence-electron chi connectivity index (χ0n) is 22.1. The van der Waals surface area contributed by atoms with E-state index in [0.717, 1.165) is 24.0 Å². The molecule has 0 spiro atoms. The predicted molar refractivity (Wildman–Crippen MR) is 140 cm³/mol. The van der Waals surface area contributed by atoms with Crippen LogP contribution in [0.25, 0.3) is 22.0 Å². The summed E-state index contributed by atoms with van der Waals surface area (Å²) in [6, 6.07) is 5.29. The highest BCUT2D eigenvalue weighted by Crippen LogP contribution is 2.59. The lowest BCUT2D eigenvalue weighted by molar-refractivity contribution is -0.140. The number of piperidine rings is 1. The molecule has 2 aliphatic rings.